The lowest BCUT2D eigenvalue weighted by Gasteiger charge is -2.09. The Balaban J connectivity index is 1.88. The predicted octanol–water partition coefficient (Wildman–Crippen LogP) is 2.52. The van der Waals surface area contributed by atoms with Crippen LogP contribution in [0.2, 0.25) is 0 Å². The first-order valence-electron chi connectivity index (χ1n) is 7.47. The van der Waals surface area contributed by atoms with Gasteiger partial charge in [0.15, 0.2) is 4.34 Å². The molecule has 3 heterocycles. The van der Waals surface area contributed by atoms with Crippen molar-refractivity contribution in [2.24, 2.45) is 0 Å². The zero-order chi connectivity index (χ0) is 16.7. The summed E-state index contributed by atoms with van der Waals surface area (Å²) in [5.41, 5.74) is 0.795. The minimum atomic E-state index is -0.0352. The van der Waals surface area contributed by atoms with Gasteiger partial charge < -0.3 is 0 Å². The zero-order valence-corrected chi connectivity index (χ0v) is 14.8. The molecule has 0 spiro atoms. The molecule has 9 heteroatoms. The summed E-state index contributed by atoms with van der Waals surface area (Å²) in [4.78, 5) is 12.6. The third-order valence-electron chi connectivity index (χ3n) is 3.72. The summed E-state index contributed by atoms with van der Waals surface area (Å²) in [6.07, 6.45) is 0. The highest BCUT2D eigenvalue weighted by Gasteiger charge is 2.16. The molecule has 7 nitrogen and oxygen atoms in total. The third kappa shape index (κ3) is 2.40. The van der Waals surface area contributed by atoms with Gasteiger partial charge in [-0.15, -0.1) is 20.4 Å². The SMILES string of the molecule is CCn1c(=O)c2ccccc2n2c(CSc3nnc(C)s3)nnc12. The highest BCUT2D eigenvalue weighted by molar-refractivity contribution is 8.00. The van der Waals surface area contributed by atoms with E-state index in [2.05, 4.69) is 20.4 Å². The molecule has 4 aromatic rings. The molecule has 24 heavy (non-hydrogen) atoms. The summed E-state index contributed by atoms with van der Waals surface area (Å²) in [6.45, 7) is 4.42. The topological polar surface area (TPSA) is 78.0 Å². The first-order valence-corrected chi connectivity index (χ1v) is 9.27. The Hall–Kier alpha value is -2.26. The summed E-state index contributed by atoms with van der Waals surface area (Å²) < 4.78 is 4.51. The van der Waals surface area contributed by atoms with Crippen LogP contribution in [0.1, 0.15) is 17.8 Å². The maximum absolute atomic E-state index is 12.6. The van der Waals surface area contributed by atoms with Crippen molar-refractivity contribution in [1.82, 2.24) is 29.4 Å². The van der Waals surface area contributed by atoms with Crippen LogP contribution < -0.4 is 5.56 Å². The first kappa shape index (κ1) is 15.3. The highest BCUT2D eigenvalue weighted by Crippen LogP contribution is 2.26. The van der Waals surface area contributed by atoms with E-state index in [-0.39, 0.29) is 5.56 Å². The second-order valence-corrected chi connectivity index (χ2v) is 7.60. The lowest BCUT2D eigenvalue weighted by Crippen LogP contribution is -2.22. The molecular weight excluding hydrogens is 344 g/mol. The van der Waals surface area contributed by atoms with Crippen molar-refractivity contribution >= 4 is 39.8 Å². The number of fused-ring (bicyclic) bond motifs is 3. The van der Waals surface area contributed by atoms with Crippen LogP contribution in [0.15, 0.2) is 33.4 Å². The fourth-order valence-electron chi connectivity index (χ4n) is 2.66. The Morgan fingerprint density at radius 1 is 1.17 bits per heavy atom. The number of aromatic nitrogens is 6. The van der Waals surface area contributed by atoms with Crippen LogP contribution in [0.3, 0.4) is 0 Å². The van der Waals surface area contributed by atoms with Crippen molar-refractivity contribution in [3.05, 3.63) is 45.5 Å². The average molecular weight is 358 g/mol. The number of para-hydroxylation sites is 1. The molecule has 0 amide bonds. The van der Waals surface area contributed by atoms with Gasteiger partial charge in [-0.1, -0.05) is 35.2 Å². The molecule has 0 saturated heterocycles. The largest absolute Gasteiger partial charge is 0.277 e. The minimum absolute atomic E-state index is 0.0352. The molecule has 0 saturated carbocycles. The van der Waals surface area contributed by atoms with Crippen LogP contribution in [0.4, 0.5) is 0 Å². The van der Waals surface area contributed by atoms with Crippen LogP contribution >= 0.6 is 23.1 Å². The number of rotatable bonds is 4. The lowest BCUT2D eigenvalue weighted by molar-refractivity contribution is 0.735. The van der Waals surface area contributed by atoms with Gasteiger partial charge >= 0.3 is 0 Å². The summed E-state index contributed by atoms with van der Waals surface area (Å²) in [5, 5.41) is 18.3. The number of thioether (sulfide) groups is 1. The Labute approximate surface area is 145 Å². The first-order chi connectivity index (χ1) is 11.7. The number of hydrogen-bond donors (Lipinski definition) is 0. The average Bonchev–Trinajstić information content (AvgIpc) is 3.20. The van der Waals surface area contributed by atoms with Crippen LogP contribution in [-0.2, 0) is 12.3 Å². The predicted molar refractivity (Wildman–Crippen MR) is 94.6 cm³/mol. The second-order valence-electron chi connectivity index (χ2n) is 5.19. The monoisotopic (exact) mass is 358 g/mol. The van der Waals surface area contributed by atoms with Gasteiger partial charge in [0.05, 0.1) is 16.7 Å². The quantitative estimate of drug-likeness (QED) is 0.522. The molecule has 4 rings (SSSR count). The second kappa shape index (κ2) is 5.99. The third-order valence-corrected chi connectivity index (χ3v) is 5.69. The number of nitrogens with zero attached hydrogens (tertiary/aromatic N) is 6. The maximum atomic E-state index is 12.6. The fourth-order valence-corrected chi connectivity index (χ4v) is 4.38. The van der Waals surface area contributed by atoms with Crippen LogP contribution in [0, 0.1) is 6.92 Å². The molecule has 0 aliphatic heterocycles. The van der Waals surface area contributed by atoms with E-state index in [4.69, 9.17) is 0 Å². The van der Waals surface area contributed by atoms with E-state index in [1.807, 2.05) is 42.5 Å². The van der Waals surface area contributed by atoms with Gasteiger partial charge in [0.25, 0.3) is 5.56 Å². The van der Waals surface area contributed by atoms with Crippen molar-refractivity contribution in [3.63, 3.8) is 0 Å². The van der Waals surface area contributed by atoms with E-state index < -0.39 is 0 Å². The molecule has 0 unspecified atom stereocenters. The molecule has 1 aromatic carbocycles. The molecule has 3 aromatic heterocycles. The van der Waals surface area contributed by atoms with Gasteiger partial charge in [-0.05, 0) is 26.0 Å². The van der Waals surface area contributed by atoms with Gasteiger partial charge in [-0.2, -0.15) is 0 Å². The minimum Gasteiger partial charge on any atom is -0.277 e. The Morgan fingerprint density at radius 3 is 2.75 bits per heavy atom. The van der Waals surface area contributed by atoms with Gasteiger partial charge in [-0.25, -0.2) is 0 Å². The number of hydrogen-bond acceptors (Lipinski definition) is 7. The van der Waals surface area contributed by atoms with Gasteiger partial charge in [0.1, 0.15) is 10.8 Å². The van der Waals surface area contributed by atoms with Crippen molar-refractivity contribution in [3.8, 4) is 0 Å². The van der Waals surface area contributed by atoms with Crippen LogP contribution in [-0.4, -0.2) is 29.4 Å². The number of benzene rings is 1. The standard InChI is InChI=1S/C15H14N6OS2/c1-3-20-13(22)10-6-4-5-7-11(10)21-12(17-18-14(20)21)8-23-15-19-16-9(2)24-15/h4-7H,3,8H2,1-2H3. The summed E-state index contributed by atoms with van der Waals surface area (Å²) >= 11 is 3.13. The fraction of sp³-hybridized carbons (Fsp3) is 0.267. The normalized spacial score (nSPS) is 11.6. The van der Waals surface area contributed by atoms with Crippen LogP contribution in [0.5, 0.6) is 0 Å². The highest BCUT2D eigenvalue weighted by atomic mass is 32.2. The Morgan fingerprint density at radius 2 is 2.00 bits per heavy atom. The van der Waals surface area contributed by atoms with Gasteiger partial charge in [-0.3, -0.25) is 13.8 Å². The summed E-state index contributed by atoms with van der Waals surface area (Å²) in [6, 6.07) is 7.56. The molecule has 0 aliphatic carbocycles. The van der Waals surface area contributed by atoms with Crippen molar-refractivity contribution in [2.75, 3.05) is 0 Å². The van der Waals surface area contributed by atoms with Crippen molar-refractivity contribution in [2.45, 2.75) is 30.5 Å². The maximum Gasteiger partial charge on any atom is 0.262 e. The smallest absolute Gasteiger partial charge is 0.262 e. The van der Waals surface area contributed by atoms with Gasteiger partial charge in [0, 0.05) is 6.54 Å². The van der Waals surface area contributed by atoms with Crippen LogP contribution in [0.25, 0.3) is 16.7 Å². The van der Waals surface area contributed by atoms with Gasteiger partial charge in [0.2, 0.25) is 5.78 Å². The van der Waals surface area contributed by atoms with Crippen molar-refractivity contribution in [1.29, 1.82) is 0 Å². The summed E-state index contributed by atoms with van der Waals surface area (Å²) in [5.74, 6) is 1.98. The molecule has 0 aliphatic rings. The molecule has 0 fully saturated rings. The van der Waals surface area contributed by atoms with Crippen molar-refractivity contribution < 1.29 is 0 Å². The Kier molecular flexibility index (Phi) is 3.81. The molecule has 0 atom stereocenters. The van der Waals surface area contributed by atoms with E-state index in [0.29, 0.717) is 23.5 Å². The van der Waals surface area contributed by atoms with E-state index in [1.54, 1.807) is 27.7 Å². The number of aryl methyl sites for hydroxylation is 2. The molecule has 122 valence electrons. The molecule has 0 radical (unpaired) electrons. The molecular formula is C15H14N6OS2. The van der Waals surface area contributed by atoms with E-state index in [9.17, 15) is 4.79 Å². The van der Waals surface area contributed by atoms with E-state index in [1.165, 1.54) is 0 Å². The van der Waals surface area contributed by atoms with E-state index >= 15 is 0 Å². The summed E-state index contributed by atoms with van der Waals surface area (Å²) in [7, 11) is 0. The zero-order valence-electron chi connectivity index (χ0n) is 13.1. The van der Waals surface area contributed by atoms with E-state index in [0.717, 1.165) is 20.7 Å². The molecule has 0 N–H and O–H groups in total. The Bertz CT molecular complexity index is 1100. The molecule has 0 bridgehead atoms. The lowest BCUT2D eigenvalue weighted by atomic mass is 10.2.